The van der Waals surface area contributed by atoms with Crippen molar-refractivity contribution in [1.82, 2.24) is 0 Å². The first-order valence-electron chi connectivity index (χ1n) is 9.48. The molecule has 0 saturated heterocycles. The van der Waals surface area contributed by atoms with Crippen molar-refractivity contribution in [3.8, 4) is 22.6 Å². The summed E-state index contributed by atoms with van der Waals surface area (Å²) >= 11 is 0. The number of esters is 2. The van der Waals surface area contributed by atoms with Gasteiger partial charge < -0.3 is 14.2 Å². The molecule has 30 heavy (non-hydrogen) atoms. The summed E-state index contributed by atoms with van der Waals surface area (Å²) in [6, 6.07) is 9.09. The zero-order valence-electron chi connectivity index (χ0n) is 17.4. The van der Waals surface area contributed by atoms with Crippen LogP contribution >= 0.6 is 0 Å². The van der Waals surface area contributed by atoms with E-state index in [0.29, 0.717) is 29.0 Å². The van der Waals surface area contributed by atoms with Crippen molar-refractivity contribution in [2.24, 2.45) is 0 Å². The first kappa shape index (κ1) is 23.0. The predicted octanol–water partition coefficient (Wildman–Crippen LogP) is 5.38. The summed E-state index contributed by atoms with van der Waals surface area (Å²) in [5, 5.41) is 0. The van der Waals surface area contributed by atoms with Gasteiger partial charge in [0.1, 0.15) is 17.3 Å². The molecule has 2 aromatic rings. The highest BCUT2D eigenvalue weighted by atomic mass is 19.1. The lowest BCUT2D eigenvalue weighted by molar-refractivity contribution is -0.131. The Labute approximate surface area is 175 Å². The molecule has 0 bridgehead atoms. The van der Waals surface area contributed by atoms with Crippen LogP contribution in [0.25, 0.3) is 11.1 Å². The Bertz CT molecular complexity index is 978. The average Bonchev–Trinajstić information content (AvgIpc) is 2.69. The normalized spacial score (nSPS) is 10.4. The van der Waals surface area contributed by atoms with Crippen molar-refractivity contribution in [2.45, 2.75) is 33.8 Å². The molecule has 0 spiro atoms. The molecule has 0 fully saturated rings. The molecule has 0 atom stereocenters. The molecule has 6 heteroatoms. The van der Waals surface area contributed by atoms with Crippen molar-refractivity contribution in [3.63, 3.8) is 0 Å². The van der Waals surface area contributed by atoms with E-state index in [1.807, 2.05) is 6.92 Å². The zero-order valence-corrected chi connectivity index (χ0v) is 17.4. The molecule has 2 aromatic carbocycles. The molecule has 2 rings (SSSR count). The fourth-order valence-corrected chi connectivity index (χ4v) is 2.46. The maximum absolute atomic E-state index is 14.7. The molecular formula is C24H25FO5. The number of halogens is 1. The van der Waals surface area contributed by atoms with Crippen LogP contribution in [-0.2, 0) is 20.9 Å². The van der Waals surface area contributed by atoms with E-state index in [0.717, 1.165) is 12.5 Å². The lowest BCUT2D eigenvalue weighted by Crippen LogP contribution is -2.10. The maximum Gasteiger partial charge on any atom is 0.338 e. The quantitative estimate of drug-likeness (QED) is 0.239. The summed E-state index contributed by atoms with van der Waals surface area (Å²) in [6.45, 7) is 12.9. The second-order valence-corrected chi connectivity index (χ2v) is 6.86. The second kappa shape index (κ2) is 10.5. The minimum absolute atomic E-state index is 0.0859. The average molecular weight is 412 g/mol. The van der Waals surface area contributed by atoms with Crippen LogP contribution in [0.3, 0.4) is 0 Å². The molecular weight excluding hydrogens is 387 g/mol. The van der Waals surface area contributed by atoms with E-state index in [-0.39, 0.29) is 23.5 Å². The van der Waals surface area contributed by atoms with Crippen molar-refractivity contribution >= 4 is 11.9 Å². The van der Waals surface area contributed by atoms with Gasteiger partial charge in [-0.25, -0.2) is 14.0 Å². The minimum atomic E-state index is -0.624. The second-order valence-electron chi connectivity index (χ2n) is 6.86. The van der Waals surface area contributed by atoms with Crippen LogP contribution in [0.15, 0.2) is 60.7 Å². The van der Waals surface area contributed by atoms with Crippen LogP contribution in [0.2, 0.25) is 0 Å². The van der Waals surface area contributed by atoms with E-state index in [1.54, 1.807) is 25.1 Å². The summed E-state index contributed by atoms with van der Waals surface area (Å²) in [4.78, 5) is 23.5. The summed E-state index contributed by atoms with van der Waals surface area (Å²) < 4.78 is 30.7. The number of rotatable bonds is 9. The number of benzene rings is 2. The molecule has 0 saturated carbocycles. The van der Waals surface area contributed by atoms with E-state index >= 15 is 0 Å². The van der Waals surface area contributed by atoms with Crippen LogP contribution in [0.1, 0.15) is 32.8 Å². The monoisotopic (exact) mass is 412 g/mol. The molecule has 0 aliphatic carbocycles. The van der Waals surface area contributed by atoms with Gasteiger partial charge in [-0.2, -0.15) is 0 Å². The van der Waals surface area contributed by atoms with Crippen LogP contribution in [0.4, 0.5) is 4.39 Å². The third kappa shape index (κ3) is 6.12. The van der Waals surface area contributed by atoms with E-state index in [9.17, 15) is 14.0 Å². The third-order valence-electron chi connectivity index (χ3n) is 4.03. The van der Waals surface area contributed by atoms with Gasteiger partial charge in [0.15, 0.2) is 0 Å². The summed E-state index contributed by atoms with van der Waals surface area (Å²) in [5.41, 5.74) is 1.96. The van der Waals surface area contributed by atoms with Gasteiger partial charge in [-0.1, -0.05) is 26.1 Å². The van der Waals surface area contributed by atoms with Crippen LogP contribution in [0, 0.1) is 5.82 Å². The Morgan fingerprint density at radius 3 is 2.23 bits per heavy atom. The van der Waals surface area contributed by atoms with Gasteiger partial charge >= 0.3 is 11.9 Å². The highest BCUT2D eigenvalue weighted by Crippen LogP contribution is 2.31. The van der Waals surface area contributed by atoms with Gasteiger partial charge in [0.2, 0.25) is 0 Å². The number of hydrogen-bond donors (Lipinski definition) is 0. The summed E-state index contributed by atoms with van der Waals surface area (Å²) in [7, 11) is 0. The summed E-state index contributed by atoms with van der Waals surface area (Å²) in [5.74, 6) is -1.32. The lowest BCUT2D eigenvalue weighted by atomic mass is 10.0. The van der Waals surface area contributed by atoms with Gasteiger partial charge in [0.25, 0.3) is 0 Å². The van der Waals surface area contributed by atoms with Crippen molar-refractivity contribution < 1.29 is 28.2 Å². The molecule has 0 heterocycles. The van der Waals surface area contributed by atoms with Crippen molar-refractivity contribution in [1.29, 1.82) is 0 Å². The Morgan fingerprint density at radius 1 is 0.967 bits per heavy atom. The van der Waals surface area contributed by atoms with Gasteiger partial charge in [-0.3, -0.25) is 0 Å². The van der Waals surface area contributed by atoms with E-state index in [2.05, 4.69) is 13.2 Å². The Hall–Kier alpha value is -3.25. The van der Waals surface area contributed by atoms with Crippen LogP contribution in [0.5, 0.6) is 11.5 Å². The molecule has 0 aliphatic heterocycles. The molecule has 0 unspecified atom stereocenters. The Balaban J connectivity index is 2.35. The van der Waals surface area contributed by atoms with E-state index < -0.39 is 17.8 Å². The smallest absolute Gasteiger partial charge is 0.338 e. The van der Waals surface area contributed by atoms with Gasteiger partial charge in [-0.05, 0) is 50.1 Å². The van der Waals surface area contributed by atoms with Crippen molar-refractivity contribution in [2.75, 3.05) is 6.61 Å². The van der Waals surface area contributed by atoms with Gasteiger partial charge in [0, 0.05) is 34.9 Å². The standard InChI is InChI=1S/C24H25FO5/c1-6-11-28-14-18-12-17(7-10-22(18)30-24(27)16(4)5)20-9-8-19(13-21(20)25)29-23(26)15(2)3/h7-10,12-13H,2,4,6,11,14H2,1,3,5H3. The molecule has 0 radical (unpaired) electrons. The van der Waals surface area contributed by atoms with Crippen LogP contribution in [-0.4, -0.2) is 18.5 Å². The first-order chi connectivity index (χ1) is 14.2. The topological polar surface area (TPSA) is 61.8 Å². The Kier molecular flexibility index (Phi) is 8.07. The third-order valence-corrected chi connectivity index (χ3v) is 4.03. The highest BCUT2D eigenvalue weighted by Gasteiger charge is 2.15. The fraction of sp³-hybridized carbons (Fsp3) is 0.250. The maximum atomic E-state index is 14.7. The number of ether oxygens (including phenoxy) is 3. The lowest BCUT2D eigenvalue weighted by Gasteiger charge is -2.13. The predicted molar refractivity (Wildman–Crippen MR) is 113 cm³/mol. The fourth-order valence-electron chi connectivity index (χ4n) is 2.46. The largest absolute Gasteiger partial charge is 0.423 e. The molecule has 158 valence electrons. The van der Waals surface area contributed by atoms with Gasteiger partial charge in [-0.15, -0.1) is 0 Å². The number of carbonyl (C=O) groups is 2. The number of carbonyl (C=O) groups excluding carboxylic acids is 2. The van der Waals surface area contributed by atoms with E-state index in [4.69, 9.17) is 14.2 Å². The molecule has 5 nitrogen and oxygen atoms in total. The summed E-state index contributed by atoms with van der Waals surface area (Å²) in [6.07, 6.45) is 0.833. The first-order valence-corrected chi connectivity index (χ1v) is 9.48. The number of hydrogen-bond acceptors (Lipinski definition) is 5. The molecule has 0 amide bonds. The van der Waals surface area contributed by atoms with Gasteiger partial charge in [0.05, 0.1) is 6.61 Å². The molecule has 0 aromatic heterocycles. The Morgan fingerprint density at radius 2 is 1.63 bits per heavy atom. The van der Waals surface area contributed by atoms with Crippen molar-refractivity contribution in [3.05, 3.63) is 72.1 Å². The highest BCUT2D eigenvalue weighted by molar-refractivity contribution is 5.89. The van der Waals surface area contributed by atoms with Crippen LogP contribution < -0.4 is 9.47 Å². The minimum Gasteiger partial charge on any atom is -0.423 e. The van der Waals surface area contributed by atoms with E-state index in [1.165, 1.54) is 19.1 Å². The SMILES string of the molecule is C=C(C)C(=O)Oc1ccc(-c2ccc(OC(=O)C(=C)C)c(COCCC)c2)c(F)c1. The molecule has 0 aliphatic rings. The zero-order chi connectivity index (χ0) is 22.3. The molecule has 0 N–H and O–H groups in total.